The maximum atomic E-state index is 12.2. The van der Waals surface area contributed by atoms with Gasteiger partial charge in [0, 0.05) is 16.6 Å². The van der Waals surface area contributed by atoms with E-state index in [-0.39, 0.29) is 5.78 Å². The lowest BCUT2D eigenvalue weighted by molar-refractivity contribution is 0.0977. The van der Waals surface area contributed by atoms with Crippen molar-refractivity contribution in [3.63, 3.8) is 0 Å². The number of rotatable bonds is 3. The molecule has 2 aromatic heterocycles. The number of fused-ring (bicyclic) bond motifs is 1. The zero-order valence-electron chi connectivity index (χ0n) is 11.0. The summed E-state index contributed by atoms with van der Waals surface area (Å²) in [6, 6.07) is 12.3. The molecule has 0 amide bonds. The van der Waals surface area contributed by atoms with Crippen molar-refractivity contribution in [2.45, 2.75) is 20.4 Å². The number of carbonyl (C=O) groups excluding carboxylic acids is 1. The van der Waals surface area contributed by atoms with Gasteiger partial charge in [0.25, 0.3) is 0 Å². The van der Waals surface area contributed by atoms with Crippen LogP contribution in [0.5, 0.6) is 0 Å². The van der Waals surface area contributed by atoms with Crippen LogP contribution in [0.2, 0.25) is 0 Å². The summed E-state index contributed by atoms with van der Waals surface area (Å²) < 4.78 is 2.03. The molecule has 3 aromatic rings. The highest BCUT2D eigenvalue weighted by atomic mass is 32.1. The van der Waals surface area contributed by atoms with Crippen LogP contribution in [0.25, 0.3) is 10.9 Å². The molecule has 2 heterocycles. The number of thiophene rings is 1. The second kappa shape index (κ2) is 4.67. The van der Waals surface area contributed by atoms with Gasteiger partial charge < -0.3 is 4.57 Å². The number of Topliss-reactive ketones (excluding diaryl/α,β-unsaturated/α-hetero) is 1. The van der Waals surface area contributed by atoms with Crippen LogP contribution in [0.4, 0.5) is 0 Å². The first-order valence-corrected chi connectivity index (χ1v) is 7.10. The second-order valence-electron chi connectivity index (χ2n) is 4.84. The van der Waals surface area contributed by atoms with E-state index < -0.39 is 0 Å². The highest BCUT2D eigenvalue weighted by Crippen LogP contribution is 2.20. The molecule has 19 heavy (non-hydrogen) atoms. The van der Waals surface area contributed by atoms with Crippen molar-refractivity contribution < 1.29 is 4.79 Å². The molecular formula is C16H15NOS. The van der Waals surface area contributed by atoms with Crippen molar-refractivity contribution in [2.75, 3.05) is 0 Å². The molecular weight excluding hydrogens is 254 g/mol. The first kappa shape index (κ1) is 12.2. The molecule has 0 atom stereocenters. The van der Waals surface area contributed by atoms with Crippen molar-refractivity contribution in [2.24, 2.45) is 0 Å². The Balaban J connectivity index is 1.93. The molecule has 0 spiro atoms. The topological polar surface area (TPSA) is 22.0 Å². The Hall–Kier alpha value is -1.87. The molecule has 96 valence electrons. The van der Waals surface area contributed by atoms with Crippen LogP contribution in [0.3, 0.4) is 0 Å². The van der Waals surface area contributed by atoms with Crippen molar-refractivity contribution in [3.05, 3.63) is 57.9 Å². The van der Waals surface area contributed by atoms with Crippen LogP contribution in [-0.4, -0.2) is 10.4 Å². The third-order valence-corrected chi connectivity index (χ3v) is 4.30. The summed E-state index contributed by atoms with van der Waals surface area (Å²) in [5, 5.41) is 1.18. The Kier molecular flexibility index (Phi) is 2.99. The van der Waals surface area contributed by atoms with Crippen LogP contribution in [0.15, 0.2) is 42.6 Å². The molecule has 0 aliphatic rings. The van der Waals surface area contributed by atoms with Crippen LogP contribution in [0.1, 0.15) is 20.1 Å². The van der Waals surface area contributed by atoms with Gasteiger partial charge in [0.05, 0.1) is 11.4 Å². The van der Waals surface area contributed by atoms with E-state index in [0.717, 1.165) is 10.4 Å². The fourth-order valence-electron chi connectivity index (χ4n) is 2.25. The van der Waals surface area contributed by atoms with Crippen molar-refractivity contribution in [1.29, 1.82) is 0 Å². The lowest BCUT2D eigenvalue weighted by atomic mass is 10.2. The number of aryl methyl sites for hydroxylation is 2. The fourth-order valence-corrected chi connectivity index (χ4v) is 3.05. The summed E-state index contributed by atoms with van der Waals surface area (Å²) in [4.78, 5) is 14.3. The zero-order valence-corrected chi connectivity index (χ0v) is 11.8. The lowest BCUT2D eigenvalue weighted by Gasteiger charge is -2.04. The zero-order chi connectivity index (χ0) is 13.4. The average Bonchev–Trinajstić information content (AvgIpc) is 2.97. The Morgan fingerprint density at radius 3 is 2.74 bits per heavy atom. The Morgan fingerprint density at radius 2 is 2.00 bits per heavy atom. The van der Waals surface area contributed by atoms with E-state index in [1.807, 2.05) is 29.8 Å². The van der Waals surface area contributed by atoms with Gasteiger partial charge in [-0.25, -0.2) is 0 Å². The van der Waals surface area contributed by atoms with Crippen LogP contribution in [0, 0.1) is 13.8 Å². The standard InChI is InChI=1S/C16H15NOS/c1-11-3-5-13-7-8-17(14(13)9-11)10-15(18)16-6-4-12(2)19-16/h3-9H,10H2,1-2H3. The van der Waals surface area contributed by atoms with E-state index in [2.05, 4.69) is 31.2 Å². The van der Waals surface area contributed by atoms with Crippen LogP contribution < -0.4 is 0 Å². The summed E-state index contributed by atoms with van der Waals surface area (Å²) >= 11 is 1.56. The molecule has 3 rings (SSSR count). The quantitative estimate of drug-likeness (QED) is 0.653. The van der Waals surface area contributed by atoms with E-state index in [4.69, 9.17) is 0 Å². The largest absolute Gasteiger partial charge is 0.340 e. The molecule has 0 saturated carbocycles. The molecule has 0 radical (unpaired) electrons. The first-order chi connectivity index (χ1) is 9.13. The Morgan fingerprint density at radius 1 is 1.16 bits per heavy atom. The monoisotopic (exact) mass is 269 g/mol. The van der Waals surface area contributed by atoms with Gasteiger partial charge in [-0.2, -0.15) is 0 Å². The fraction of sp³-hybridized carbons (Fsp3) is 0.188. The Labute approximate surface area is 116 Å². The first-order valence-electron chi connectivity index (χ1n) is 6.28. The minimum atomic E-state index is 0.178. The van der Waals surface area contributed by atoms with Gasteiger partial charge in [-0.1, -0.05) is 12.1 Å². The molecule has 3 heteroatoms. The van der Waals surface area contributed by atoms with Gasteiger partial charge in [-0.15, -0.1) is 11.3 Å². The minimum absolute atomic E-state index is 0.178. The number of benzene rings is 1. The smallest absolute Gasteiger partial charge is 0.192 e. The maximum Gasteiger partial charge on any atom is 0.192 e. The van der Waals surface area contributed by atoms with Crippen molar-refractivity contribution >= 4 is 28.0 Å². The van der Waals surface area contributed by atoms with Gasteiger partial charge in [0.1, 0.15) is 0 Å². The molecule has 0 saturated heterocycles. The summed E-state index contributed by atoms with van der Waals surface area (Å²) in [5.41, 5.74) is 2.34. The molecule has 0 fully saturated rings. The summed E-state index contributed by atoms with van der Waals surface area (Å²) in [6.45, 7) is 4.50. The van der Waals surface area contributed by atoms with Crippen molar-refractivity contribution in [3.8, 4) is 0 Å². The number of hydrogen-bond acceptors (Lipinski definition) is 2. The predicted molar refractivity (Wildman–Crippen MR) is 80.1 cm³/mol. The number of carbonyl (C=O) groups is 1. The Bertz CT molecular complexity index is 751. The second-order valence-corrected chi connectivity index (χ2v) is 6.13. The molecule has 0 unspecified atom stereocenters. The SMILES string of the molecule is Cc1ccc2ccn(CC(=O)c3ccc(C)s3)c2c1. The van der Waals surface area contributed by atoms with E-state index in [0.29, 0.717) is 6.54 Å². The number of aromatic nitrogens is 1. The highest BCUT2D eigenvalue weighted by Gasteiger charge is 2.10. The van der Waals surface area contributed by atoms with Gasteiger partial charge >= 0.3 is 0 Å². The normalized spacial score (nSPS) is 11.1. The molecule has 2 nitrogen and oxygen atoms in total. The van der Waals surface area contributed by atoms with E-state index in [1.54, 1.807) is 11.3 Å². The van der Waals surface area contributed by atoms with Crippen molar-refractivity contribution in [1.82, 2.24) is 4.57 Å². The van der Waals surface area contributed by atoms with Crippen LogP contribution in [-0.2, 0) is 6.54 Å². The summed E-state index contributed by atoms with van der Waals surface area (Å²) in [7, 11) is 0. The van der Waals surface area contributed by atoms with Gasteiger partial charge in [0.2, 0.25) is 0 Å². The van der Waals surface area contributed by atoms with E-state index in [9.17, 15) is 4.79 Å². The maximum absolute atomic E-state index is 12.2. The van der Waals surface area contributed by atoms with E-state index >= 15 is 0 Å². The molecule has 0 bridgehead atoms. The minimum Gasteiger partial charge on any atom is -0.340 e. The number of nitrogens with zero attached hydrogens (tertiary/aromatic N) is 1. The van der Waals surface area contributed by atoms with Gasteiger partial charge in [-0.05, 0) is 49.1 Å². The average molecular weight is 269 g/mol. The number of hydrogen-bond donors (Lipinski definition) is 0. The third kappa shape index (κ3) is 2.34. The number of ketones is 1. The molecule has 0 N–H and O–H groups in total. The summed E-state index contributed by atoms with van der Waals surface area (Å²) in [5.74, 6) is 0.178. The van der Waals surface area contributed by atoms with Gasteiger partial charge in [0.15, 0.2) is 5.78 Å². The highest BCUT2D eigenvalue weighted by molar-refractivity contribution is 7.14. The van der Waals surface area contributed by atoms with E-state index in [1.165, 1.54) is 15.8 Å². The van der Waals surface area contributed by atoms with Gasteiger partial charge in [-0.3, -0.25) is 4.79 Å². The molecule has 0 aliphatic heterocycles. The summed E-state index contributed by atoms with van der Waals surface area (Å²) in [6.07, 6.45) is 1.99. The third-order valence-electron chi connectivity index (χ3n) is 3.26. The van der Waals surface area contributed by atoms with Crippen LogP contribution >= 0.6 is 11.3 Å². The lowest BCUT2D eigenvalue weighted by Crippen LogP contribution is -2.07. The predicted octanol–water partition coefficient (Wildman–Crippen LogP) is 4.20. The molecule has 0 aliphatic carbocycles. The molecule has 1 aromatic carbocycles.